The summed E-state index contributed by atoms with van der Waals surface area (Å²) in [5.74, 6) is -1.99. The predicted octanol–water partition coefficient (Wildman–Crippen LogP) is 3.92. The van der Waals surface area contributed by atoms with E-state index in [-0.39, 0.29) is 11.9 Å². The van der Waals surface area contributed by atoms with Gasteiger partial charge in [-0.1, -0.05) is 12.1 Å². The minimum absolute atomic E-state index is 0.0829. The molecule has 1 nitrogen and oxygen atoms in total. The first-order chi connectivity index (χ1) is 9.51. The molecule has 0 amide bonds. The van der Waals surface area contributed by atoms with Gasteiger partial charge in [0.15, 0.2) is 11.6 Å². The minimum atomic E-state index is -0.854. The third-order valence-electron chi connectivity index (χ3n) is 3.38. The number of likely N-dealkylation sites (N-methyl/N-ethyl adjacent to an activating group) is 1. The summed E-state index contributed by atoms with van der Waals surface area (Å²) in [6.07, 6.45) is 0.500. The molecule has 2 aromatic rings. The molecule has 1 N–H and O–H groups in total. The van der Waals surface area contributed by atoms with Crippen LogP contribution in [0.1, 0.15) is 22.7 Å². The van der Waals surface area contributed by atoms with E-state index < -0.39 is 11.6 Å². The standard InChI is InChI=1S/C16H16F3N/c1-10-7-12(17)4-5-13(10)16(20-2)9-11-3-6-14(18)15(19)8-11/h3-8,16,20H,9H2,1-2H3. The van der Waals surface area contributed by atoms with E-state index in [0.717, 1.165) is 17.2 Å². The van der Waals surface area contributed by atoms with Gasteiger partial charge in [-0.25, -0.2) is 13.2 Å². The average molecular weight is 279 g/mol. The second kappa shape index (κ2) is 6.09. The molecule has 0 fully saturated rings. The molecule has 0 saturated heterocycles. The van der Waals surface area contributed by atoms with E-state index in [9.17, 15) is 13.2 Å². The molecule has 20 heavy (non-hydrogen) atoms. The number of aryl methyl sites for hydroxylation is 1. The summed E-state index contributed by atoms with van der Waals surface area (Å²) >= 11 is 0. The summed E-state index contributed by atoms with van der Waals surface area (Å²) in [4.78, 5) is 0. The van der Waals surface area contributed by atoms with Crippen LogP contribution in [0.4, 0.5) is 13.2 Å². The van der Waals surface area contributed by atoms with Crippen molar-refractivity contribution in [2.24, 2.45) is 0 Å². The SMILES string of the molecule is CNC(Cc1ccc(F)c(F)c1)c1ccc(F)cc1C. The number of hydrogen-bond acceptors (Lipinski definition) is 1. The first-order valence-electron chi connectivity index (χ1n) is 6.38. The van der Waals surface area contributed by atoms with Gasteiger partial charge in [-0.2, -0.15) is 0 Å². The quantitative estimate of drug-likeness (QED) is 0.894. The van der Waals surface area contributed by atoms with E-state index in [1.54, 1.807) is 19.2 Å². The fourth-order valence-corrected chi connectivity index (χ4v) is 2.30. The van der Waals surface area contributed by atoms with Gasteiger partial charge in [0.25, 0.3) is 0 Å². The van der Waals surface area contributed by atoms with Crippen molar-refractivity contribution in [2.75, 3.05) is 7.05 Å². The highest BCUT2D eigenvalue weighted by Gasteiger charge is 2.14. The van der Waals surface area contributed by atoms with Crippen molar-refractivity contribution in [3.8, 4) is 0 Å². The lowest BCUT2D eigenvalue weighted by molar-refractivity contribution is 0.504. The van der Waals surface area contributed by atoms with Gasteiger partial charge in [0, 0.05) is 6.04 Å². The average Bonchev–Trinajstić information content (AvgIpc) is 2.41. The summed E-state index contributed by atoms with van der Waals surface area (Å²) in [6, 6.07) is 8.37. The van der Waals surface area contributed by atoms with Gasteiger partial charge in [0.2, 0.25) is 0 Å². The Morgan fingerprint density at radius 2 is 1.75 bits per heavy atom. The summed E-state index contributed by atoms with van der Waals surface area (Å²) in [5.41, 5.74) is 2.46. The zero-order valence-corrected chi connectivity index (χ0v) is 11.4. The number of rotatable bonds is 4. The topological polar surface area (TPSA) is 12.0 Å². The molecule has 1 atom stereocenters. The highest BCUT2D eigenvalue weighted by atomic mass is 19.2. The maximum atomic E-state index is 13.2. The van der Waals surface area contributed by atoms with E-state index in [1.165, 1.54) is 18.2 Å². The molecule has 0 aromatic heterocycles. The van der Waals surface area contributed by atoms with Crippen molar-refractivity contribution >= 4 is 0 Å². The molecular weight excluding hydrogens is 263 g/mol. The van der Waals surface area contributed by atoms with E-state index >= 15 is 0 Å². The van der Waals surface area contributed by atoms with Crippen molar-refractivity contribution in [3.63, 3.8) is 0 Å². The molecule has 0 aliphatic rings. The van der Waals surface area contributed by atoms with Gasteiger partial charge in [-0.15, -0.1) is 0 Å². The maximum absolute atomic E-state index is 13.2. The lowest BCUT2D eigenvalue weighted by Crippen LogP contribution is -2.20. The van der Waals surface area contributed by atoms with Crippen molar-refractivity contribution < 1.29 is 13.2 Å². The van der Waals surface area contributed by atoms with Crippen LogP contribution in [0, 0.1) is 24.4 Å². The molecule has 0 spiro atoms. The summed E-state index contributed by atoms with van der Waals surface area (Å²) < 4.78 is 39.3. The Hall–Kier alpha value is -1.81. The van der Waals surface area contributed by atoms with Crippen LogP contribution in [0.3, 0.4) is 0 Å². The summed E-state index contributed by atoms with van der Waals surface area (Å²) in [5, 5.41) is 3.12. The fraction of sp³-hybridized carbons (Fsp3) is 0.250. The molecule has 0 aliphatic heterocycles. The van der Waals surface area contributed by atoms with Crippen molar-refractivity contribution in [1.29, 1.82) is 0 Å². The largest absolute Gasteiger partial charge is 0.313 e. The van der Waals surface area contributed by atoms with Gasteiger partial charge in [-0.05, 0) is 61.3 Å². The number of hydrogen-bond donors (Lipinski definition) is 1. The number of halogens is 3. The van der Waals surface area contributed by atoms with Gasteiger partial charge >= 0.3 is 0 Å². The molecule has 2 rings (SSSR count). The van der Waals surface area contributed by atoms with Crippen LogP contribution in [0.15, 0.2) is 36.4 Å². The molecular formula is C16H16F3N. The Bertz CT molecular complexity index is 611. The van der Waals surface area contributed by atoms with E-state index in [4.69, 9.17) is 0 Å². The van der Waals surface area contributed by atoms with Gasteiger partial charge in [-0.3, -0.25) is 0 Å². The van der Waals surface area contributed by atoms with Crippen molar-refractivity contribution in [2.45, 2.75) is 19.4 Å². The van der Waals surface area contributed by atoms with Crippen LogP contribution < -0.4 is 5.32 Å². The van der Waals surface area contributed by atoms with Crippen LogP contribution in [0.5, 0.6) is 0 Å². The highest BCUT2D eigenvalue weighted by molar-refractivity contribution is 5.31. The second-order valence-electron chi connectivity index (χ2n) is 4.79. The zero-order valence-electron chi connectivity index (χ0n) is 11.4. The smallest absolute Gasteiger partial charge is 0.159 e. The summed E-state index contributed by atoms with van der Waals surface area (Å²) in [7, 11) is 1.79. The number of nitrogens with one attached hydrogen (secondary N) is 1. The van der Waals surface area contributed by atoms with Gasteiger partial charge < -0.3 is 5.32 Å². The molecule has 4 heteroatoms. The molecule has 0 aliphatic carbocycles. The maximum Gasteiger partial charge on any atom is 0.159 e. The molecule has 0 bridgehead atoms. The van der Waals surface area contributed by atoms with E-state index in [0.29, 0.717) is 12.0 Å². The molecule has 106 valence electrons. The van der Waals surface area contributed by atoms with Gasteiger partial charge in [0.1, 0.15) is 5.82 Å². The third-order valence-corrected chi connectivity index (χ3v) is 3.38. The number of benzene rings is 2. The van der Waals surface area contributed by atoms with Crippen LogP contribution >= 0.6 is 0 Å². The molecule has 0 heterocycles. The van der Waals surface area contributed by atoms with Crippen molar-refractivity contribution in [3.05, 3.63) is 70.5 Å². The monoisotopic (exact) mass is 279 g/mol. The first kappa shape index (κ1) is 14.6. The normalized spacial score (nSPS) is 12.4. The first-order valence-corrected chi connectivity index (χ1v) is 6.38. The molecule has 0 saturated carbocycles. The van der Waals surface area contributed by atoms with E-state index in [1.807, 2.05) is 6.92 Å². The second-order valence-corrected chi connectivity index (χ2v) is 4.79. The van der Waals surface area contributed by atoms with E-state index in [2.05, 4.69) is 5.32 Å². The fourth-order valence-electron chi connectivity index (χ4n) is 2.30. The van der Waals surface area contributed by atoms with Crippen LogP contribution in [-0.4, -0.2) is 7.05 Å². The Balaban J connectivity index is 2.26. The van der Waals surface area contributed by atoms with Crippen LogP contribution in [0.25, 0.3) is 0 Å². The Morgan fingerprint density at radius 1 is 1.00 bits per heavy atom. The Labute approximate surface area is 116 Å². The molecule has 0 radical (unpaired) electrons. The predicted molar refractivity (Wildman–Crippen MR) is 73.0 cm³/mol. The summed E-state index contributed by atoms with van der Waals surface area (Å²) in [6.45, 7) is 1.83. The van der Waals surface area contributed by atoms with Crippen LogP contribution in [0.2, 0.25) is 0 Å². The van der Waals surface area contributed by atoms with Crippen molar-refractivity contribution in [1.82, 2.24) is 5.32 Å². The molecule has 2 aromatic carbocycles. The lowest BCUT2D eigenvalue weighted by atomic mass is 9.95. The van der Waals surface area contributed by atoms with Gasteiger partial charge in [0.05, 0.1) is 0 Å². The minimum Gasteiger partial charge on any atom is -0.313 e. The highest BCUT2D eigenvalue weighted by Crippen LogP contribution is 2.23. The Morgan fingerprint density at radius 3 is 2.35 bits per heavy atom. The molecule has 1 unspecified atom stereocenters. The zero-order chi connectivity index (χ0) is 14.7. The van der Waals surface area contributed by atoms with Crippen LogP contribution in [-0.2, 0) is 6.42 Å². The Kier molecular flexibility index (Phi) is 4.45. The third kappa shape index (κ3) is 3.20. The lowest BCUT2D eigenvalue weighted by Gasteiger charge is -2.19.